The smallest absolute Gasteiger partial charge is 0.132 e. The molecular weight excluding hydrogens is 186 g/mol. The fraction of sp³-hybridized carbons (Fsp3) is 0.0769. The number of aromatic nitrogens is 1. The molecule has 1 aliphatic heterocycles. The van der Waals surface area contributed by atoms with Crippen molar-refractivity contribution >= 4 is 16.7 Å². The van der Waals surface area contributed by atoms with Crippen molar-refractivity contribution in [2.75, 3.05) is 0 Å². The van der Waals surface area contributed by atoms with E-state index in [9.17, 15) is 0 Å². The number of para-hydroxylation sites is 1. The van der Waals surface area contributed by atoms with Crippen molar-refractivity contribution in [1.82, 2.24) is 4.98 Å². The second-order valence-electron chi connectivity index (χ2n) is 3.54. The second-order valence-corrected chi connectivity index (χ2v) is 3.54. The highest BCUT2D eigenvalue weighted by Gasteiger charge is 2.08. The van der Waals surface area contributed by atoms with E-state index in [2.05, 4.69) is 29.3 Å². The zero-order chi connectivity index (χ0) is 10.1. The van der Waals surface area contributed by atoms with Crippen molar-refractivity contribution in [3.8, 4) is 0 Å². The van der Waals surface area contributed by atoms with Gasteiger partial charge >= 0.3 is 0 Å². The predicted octanol–water partition coefficient (Wildman–Crippen LogP) is 3.44. The number of hydrogen-bond acceptors (Lipinski definition) is 1. The van der Waals surface area contributed by atoms with Crippen LogP contribution >= 0.6 is 0 Å². The van der Waals surface area contributed by atoms with Gasteiger partial charge in [-0.3, -0.25) is 0 Å². The summed E-state index contributed by atoms with van der Waals surface area (Å²) in [7, 11) is 0. The molecule has 0 unspecified atom stereocenters. The average Bonchev–Trinajstić information content (AvgIpc) is 2.78. The lowest BCUT2D eigenvalue weighted by Gasteiger charge is -2.10. The van der Waals surface area contributed by atoms with E-state index in [1.54, 1.807) is 6.26 Å². The van der Waals surface area contributed by atoms with Gasteiger partial charge in [0.25, 0.3) is 0 Å². The van der Waals surface area contributed by atoms with E-state index >= 15 is 0 Å². The summed E-state index contributed by atoms with van der Waals surface area (Å²) in [4.78, 5) is 3.24. The van der Waals surface area contributed by atoms with E-state index < -0.39 is 0 Å². The Morgan fingerprint density at radius 3 is 3.07 bits per heavy atom. The normalized spacial score (nSPS) is 15.1. The maximum Gasteiger partial charge on any atom is 0.132 e. The van der Waals surface area contributed by atoms with Gasteiger partial charge in [-0.2, -0.15) is 0 Å². The average molecular weight is 197 g/mol. The van der Waals surface area contributed by atoms with Gasteiger partial charge in [-0.05, 0) is 30.7 Å². The van der Waals surface area contributed by atoms with Gasteiger partial charge in [-0.15, -0.1) is 0 Å². The van der Waals surface area contributed by atoms with Crippen LogP contribution in [0.3, 0.4) is 0 Å². The lowest BCUT2D eigenvalue weighted by atomic mass is 10.1. The van der Waals surface area contributed by atoms with Crippen LogP contribution in [0.4, 0.5) is 0 Å². The van der Waals surface area contributed by atoms with Crippen molar-refractivity contribution in [2.45, 2.75) is 6.42 Å². The van der Waals surface area contributed by atoms with Gasteiger partial charge < -0.3 is 9.72 Å². The third-order valence-corrected chi connectivity index (χ3v) is 2.58. The molecule has 1 aliphatic rings. The zero-order valence-corrected chi connectivity index (χ0v) is 8.23. The Bertz CT molecular complexity index is 548. The van der Waals surface area contributed by atoms with Crippen molar-refractivity contribution < 1.29 is 4.74 Å². The van der Waals surface area contributed by atoms with Crippen molar-refractivity contribution in [3.05, 3.63) is 54.4 Å². The number of benzene rings is 1. The summed E-state index contributed by atoms with van der Waals surface area (Å²) in [5, 5.41) is 1.21. The molecule has 0 aliphatic carbocycles. The summed E-state index contributed by atoms with van der Waals surface area (Å²) in [6, 6.07) is 8.28. The molecule has 2 heteroatoms. The highest BCUT2D eigenvalue weighted by Crippen LogP contribution is 2.26. The SMILES string of the molecule is C1=COC(c2cccc3cc[nH]c23)=CC1. The Hall–Kier alpha value is -1.96. The Balaban J connectivity index is 2.17. The monoisotopic (exact) mass is 197 g/mol. The lowest BCUT2D eigenvalue weighted by Crippen LogP contribution is -1.91. The summed E-state index contributed by atoms with van der Waals surface area (Å²) in [5.74, 6) is 0.936. The maximum absolute atomic E-state index is 5.50. The Morgan fingerprint density at radius 1 is 1.20 bits per heavy atom. The van der Waals surface area contributed by atoms with E-state index in [1.807, 2.05) is 18.3 Å². The van der Waals surface area contributed by atoms with Gasteiger partial charge in [-0.25, -0.2) is 0 Å². The molecule has 2 nitrogen and oxygen atoms in total. The summed E-state index contributed by atoms with van der Waals surface area (Å²) in [6.07, 6.45) is 8.73. The first-order chi connectivity index (χ1) is 7.45. The molecule has 0 atom stereocenters. The Morgan fingerprint density at radius 2 is 2.20 bits per heavy atom. The van der Waals surface area contributed by atoms with Crippen LogP contribution in [0.1, 0.15) is 12.0 Å². The number of fused-ring (bicyclic) bond motifs is 1. The predicted molar refractivity (Wildman–Crippen MR) is 61.1 cm³/mol. The van der Waals surface area contributed by atoms with E-state index in [0.717, 1.165) is 23.3 Å². The molecule has 1 N–H and O–H groups in total. The van der Waals surface area contributed by atoms with Crippen LogP contribution < -0.4 is 0 Å². The third-order valence-electron chi connectivity index (χ3n) is 2.58. The molecule has 0 radical (unpaired) electrons. The molecule has 0 saturated carbocycles. The Labute approximate surface area is 87.9 Å². The third kappa shape index (κ3) is 1.34. The van der Waals surface area contributed by atoms with Crippen LogP contribution in [0.2, 0.25) is 0 Å². The number of aromatic amines is 1. The highest BCUT2D eigenvalue weighted by atomic mass is 16.5. The van der Waals surface area contributed by atoms with Crippen molar-refractivity contribution in [2.24, 2.45) is 0 Å². The molecule has 2 heterocycles. The number of ether oxygens (including phenoxy) is 1. The standard InChI is InChI=1S/C13H11NO/c1-2-9-15-12(6-1)11-5-3-4-10-7-8-14-13(10)11/h2-9,14H,1H2. The van der Waals surface area contributed by atoms with Gasteiger partial charge in [0.15, 0.2) is 0 Å². The first kappa shape index (κ1) is 8.36. The lowest BCUT2D eigenvalue weighted by molar-refractivity contribution is 0.428. The molecule has 74 valence electrons. The Kier molecular flexibility index (Phi) is 1.85. The number of allylic oxidation sites excluding steroid dienone is 2. The second kappa shape index (κ2) is 3.31. The summed E-state index contributed by atoms with van der Waals surface area (Å²) in [5.41, 5.74) is 2.26. The number of nitrogens with one attached hydrogen (secondary N) is 1. The molecule has 2 aromatic rings. The molecule has 0 saturated heterocycles. The fourth-order valence-corrected chi connectivity index (χ4v) is 1.86. The molecule has 0 bridgehead atoms. The van der Waals surface area contributed by atoms with Crippen LogP contribution in [0, 0.1) is 0 Å². The molecule has 1 aromatic carbocycles. The first-order valence-corrected chi connectivity index (χ1v) is 5.03. The molecule has 0 amide bonds. The minimum atomic E-state index is 0.936. The minimum Gasteiger partial charge on any atom is -0.465 e. The van der Waals surface area contributed by atoms with E-state index in [0.29, 0.717) is 0 Å². The van der Waals surface area contributed by atoms with Crippen LogP contribution in [0.5, 0.6) is 0 Å². The molecule has 1 aromatic heterocycles. The summed E-state index contributed by atoms with van der Waals surface area (Å²) >= 11 is 0. The molecule has 3 rings (SSSR count). The fourth-order valence-electron chi connectivity index (χ4n) is 1.86. The van der Waals surface area contributed by atoms with Crippen LogP contribution in [-0.4, -0.2) is 4.98 Å². The first-order valence-electron chi connectivity index (χ1n) is 5.03. The summed E-state index contributed by atoms with van der Waals surface area (Å²) < 4.78 is 5.50. The van der Waals surface area contributed by atoms with E-state index in [4.69, 9.17) is 4.74 Å². The largest absolute Gasteiger partial charge is 0.465 e. The van der Waals surface area contributed by atoms with Gasteiger partial charge in [0, 0.05) is 17.1 Å². The van der Waals surface area contributed by atoms with Crippen LogP contribution in [-0.2, 0) is 4.74 Å². The van der Waals surface area contributed by atoms with E-state index in [1.165, 1.54) is 5.39 Å². The zero-order valence-electron chi connectivity index (χ0n) is 8.23. The van der Waals surface area contributed by atoms with Gasteiger partial charge in [-0.1, -0.05) is 12.1 Å². The highest BCUT2D eigenvalue weighted by molar-refractivity contribution is 5.90. The number of H-pyrrole nitrogens is 1. The minimum absolute atomic E-state index is 0.936. The summed E-state index contributed by atoms with van der Waals surface area (Å²) in [6.45, 7) is 0. The molecule has 0 fully saturated rings. The van der Waals surface area contributed by atoms with Crippen LogP contribution in [0.15, 0.2) is 48.9 Å². The molecular formula is C13H11NO. The van der Waals surface area contributed by atoms with Gasteiger partial charge in [0.2, 0.25) is 0 Å². The number of rotatable bonds is 1. The number of hydrogen-bond donors (Lipinski definition) is 1. The van der Waals surface area contributed by atoms with Crippen molar-refractivity contribution in [3.63, 3.8) is 0 Å². The van der Waals surface area contributed by atoms with Gasteiger partial charge in [0.1, 0.15) is 5.76 Å². The topological polar surface area (TPSA) is 25.0 Å². The van der Waals surface area contributed by atoms with Crippen molar-refractivity contribution in [1.29, 1.82) is 0 Å². The maximum atomic E-state index is 5.50. The van der Waals surface area contributed by atoms with E-state index in [-0.39, 0.29) is 0 Å². The molecule has 0 spiro atoms. The van der Waals surface area contributed by atoms with Crippen LogP contribution in [0.25, 0.3) is 16.7 Å². The molecule has 15 heavy (non-hydrogen) atoms. The quantitative estimate of drug-likeness (QED) is 0.744. The van der Waals surface area contributed by atoms with Gasteiger partial charge in [0.05, 0.1) is 11.8 Å².